The average Bonchev–Trinajstić information content (AvgIpc) is 2.66. The highest BCUT2D eigenvalue weighted by atomic mass is 28.3. The number of hydrogen-bond acceptors (Lipinski definition) is 1. The molecule has 0 amide bonds. The van der Waals surface area contributed by atoms with Crippen LogP contribution in [-0.4, -0.2) is 17.7 Å². The molecule has 0 fully saturated rings. The molecule has 2 aromatic rings. The molecule has 1 atom stereocenters. The minimum atomic E-state index is -1.37. The fourth-order valence-corrected chi connectivity index (χ4v) is 4.24. The summed E-state index contributed by atoms with van der Waals surface area (Å²) in [4.78, 5) is 0. The van der Waals surface area contributed by atoms with Gasteiger partial charge in [-0.05, 0) is 11.5 Å². The summed E-state index contributed by atoms with van der Waals surface area (Å²) in [5.41, 5.74) is 2.07. The number of aliphatic hydroxyl groups is 1. The van der Waals surface area contributed by atoms with E-state index in [0.717, 1.165) is 11.1 Å². The minimum Gasteiger partial charge on any atom is -0.384 e. The number of benzene rings is 1. The van der Waals surface area contributed by atoms with Gasteiger partial charge in [0.1, 0.15) is 0 Å². The predicted octanol–water partition coefficient (Wildman–Crippen LogP) is 2.94. The highest BCUT2D eigenvalue weighted by Crippen LogP contribution is 2.25. The Bertz CT molecular complexity index is 592. The quantitative estimate of drug-likeness (QED) is 0.665. The Kier molecular flexibility index (Phi) is 3.21. The summed E-state index contributed by atoms with van der Waals surface area (Å²) in [6.07, 6.45) is 0.979. The van der Waals surface area contributed by atoms with Gasteiger partial charge in [0, 0.05) is 17.9 Å². The summed E-state index contributed by atoms with van der Waals surface area (Å²) < 4.78 is 2.24. The Morgan fingerprint density at radius 1 is 1.33 bits per heavy atom. The van der Waals surface area contributed by atoms with Gasteiger partial charge in [-0.3, -0.25) is 0 Å². The number of fused-ring (bicyclic) bond motifs is 1. The molecular weight excluding hydrogens is 238 g/mol. The first-order valence-electron chi connectivity index (χ1n) is 6.25. The zero-order valence-corrected chi connectivity index (χ0v) is 12.6. The van der Waals surface area contributed by atoms with Crippen LogP contribution in [0.25, 0.3) is 10.9 Å². The molecule has 0 radical (unpaired) electrons. The van der Waals surface area contributed by atoms with Crippen LogP contribution in [0, 0.1) is 0 Å². The molecule has 3 heteroatoms. The molecule has 0 spiro atoms. The molecule has 2 rings (SSSR count). The number of rotatable bonds is 3. The molecule has 0 saturated heterocycles. The van der Waals surface area contributed by atoms with Crippen molar-refractivity contribution < 1.29 is 5.11 Å². The Morgan fingerprint density at radius 2 is 2.00 bits per heavy atom. The van der Waals surface area contributed by atoms with E-state index in [2.05, 4.69) is 50.0 Å². The maximum Gasteiger partial charge on any atom is 0.0989 e. The predicted molar refractivity (Wildman–Crippen MR) is 81.1 cm³/mol. The number of aromatic nitrogens is 1. The largest absolute Gasteiger partial charge is 0.384 e. The second kappa shape index (κ2) is 4.41. The van der Waals surface area contributed by atoms with Crippen molar-refractivity contribution >= 4 is 24.3 Å². The lowest BCUT2D eigenvalue weighted by Crippen LogP contribution is -2.41. The van der Waals surface area contributed by atoms with Crippen molar-refractivity contribution in [2.75, 3.05) is 0 Å². The normalized spacial score (nSPS) is 13.8. The van der Waals surface area contributed by atoms with E-state index < -0.39 is 14.2 Å². The van der Waals surface area contributed by atoms with E-state index >= 15 is 0 Å². The fourth-order valence-electron chi connectivity index (χ4n) is 2.53. The van der Waals surface area contributed by atoms with E-state index in [1.807, 2.05) is 12.1 Å². The van der Waals surface area contributed by atoms with Crippen LogP contribution in [-0.2, 0) is 7.05 Å². The monoisotopic (exact) mass is 259 g/mol. The first-order chi connectivity index (χ1) is 8.36. The summed E-state index contributed by atoms with van der Waals surface area (Å²) in [6.45, 7) is 10.7. The average molecular weight is 259 g/mol. The first kappa shape index (κ1) is 13.1. The van der Waals surface area contributed by atoms with Crippen molar-refractivity contribution in [1.29, 1.82) is 0 Å². The smallest absolute Gasteiger partial charge is 0.0989 e. The van der Waals surface area contributed by atoms with Crippen molar-refractivity contribution in [1.82, 2.24) is 4.57 Å². The van der Waals surface area contributed by atoms with Gasteiger partial charge in [-0.25, -0.2) is 0 Å². The van der Waals surface area contributed by atoms with Crippen molar-refractivity contribution in [2.45, 2.75) is 25.7 Å². The number of aryl methyl sites for hydroxylation is 1. The molecular formula is C15H21NOSi. The topological polar surface area (TPSA) is 25.2 Å². The molecule has 0 bridgehead atoms. The first-order valence-corrected chi connectivity index (χ1v) is 9.75. The Hall–Kier alpha value is -1.32. The SMILES string of the molecule is C=CC(O)c1cccc2cc([Si](C)(C)C)n(C)c12. The van der Waals surface area contributed by atoms with E-state index in [1.165, 1.54) is 10.7 Å². The molecule has 1 aromatic carbocycles. The Labute approximate surface area is 110 Å². The molecule has 2 nitrogen and oxygen atoms in total. The second-order valence-corrected chi connectivity index (χ2v) is 10.8. The third-order valence-electron chi connectivity index (χ3n) is 3.40. The van der Waals surface area contributed by atoms with Gasteiger partial charge >= 0.3 is 0 Å². The summed E-state index contributed by atoms with van der Waals surface area (Å²) in [6, 6.07) is 8.35. The molecule has 0 saturated carbocycles. The maximum absolute atomic E-state index is 10.0. The van der Waals surface area contributed by atoms with Gasteiger partial charge < -0.3 is 9.67 Å². The summed E-state index contributed by atoms with van der Waals surface area (Å²) in [5.74, 6) is 0. The fraction of sp³-hybridized carbons (Fsp3) is 0.333. The van der Waals surface area contributed by atoms with E-state index in [4.69, 9.17) is 0 Å². The molecule has 0 aliphatic rings. The standard InChI is InChI=1S/C15H21NOSi/c1-6-13(17)12-9-7-8-11-10-14(18(3,4)5)16(2)15(11)12/h6-10,13,17H,1H2,2-5H3. The minimum absolute atomic E-state index is 0.600. The number of nitrogens with zero attached hydrogens (tertiary/aromatic N) is 1. The van der Waals surface area contributed by atoms with Crippen LogP contribution in [0.1, 0.15) is 11.7 Å². The Morgan fingerprint density at radius 3 is 2.56 bits per heavy atom. The number of para-hydroxylation sites is 1. The third-order valence-corrected chi connectivity index (χ3v) is 5.41. The van der Waals surface area contributed by atoms with Crippen LogP contribution in [0.4, 0.5) is 0 Å². The molecule has 1 heterocycles. The van der Waals surface area contributed by atoms with Crippen molar-refractivity contribution in [3.8, 4) is 0 Å². The van der Waals surface area contributed by atoms with Crippen LogP contribution >= 0.6 is 0 Å². The van der Waals surface area contributed by atoms with E-state index in [-0.39, 0.29) is 0 Å². The van der Waals surface area contributed by atoms with Crippen molar-refractivity contribution in [2.24, 2.45) is 7.05 Å². The molecule has 1 aromatic heterocycles. The van der Waals surface area contributed by atoms with Gasteiger partial charge in [0.15, 0.2) is 0 Å². The summed E-state index contributed by atoms with van der Waals surface area (Å²) >= 11 is 0. The molecule has 1 unspecified atom stereocenters. The molecule has 0 aliphatic heterocycles. The van der Waals surface area contributed by atoms with Gasteiger partial charge in [0.25, 0.3) is 0 Å². The highest BCUT2D eigenvalue weighted by molar-refractivity contribution is 6.88. The van der Waals surface area contributed by atoms with Gasteiger partial charge in [-0.1, -0.05) is 43.9 Å². The number of aliphatic hydroxyl groups excluding tert-OH is 1. The lowest BCUT2D eigenvalue weighted by Gasteiger charge is -2.18. The van der Waals surface area contributed by atoms with Gasteiger partial charge in [-0.2, -0.15) is 0 Å². The Balaban J connectivity index is 2.78. The molecule has 0 aliphatic carbocycles. The lowest BCUT2D eigenvalue weighted by atomic mass is 10.1. The molecule has 18 heavy (non-hydrogen) atoms. The molecule has 1 N–H and O–H groups in total. The van der Waals surface area contributed by atoms with E-state index in [0.29, 0.717) is 0 Å². The van der Waals surface area contributed by atoms with Gasteiger partial charge in [0.05, 0.1) is 19.7 Å². The third kappa shape index (κ3) is 2.04. The van der Waals surface area contributed by atoms with Gasteiger partial charge in [0.2, 0.25) is 0 Å². The maximum atomic E-state index is 10.0. The summed E-state index contributed by atoms with van der Waals surface area (Å²) in [5, 5.41) is 12.6. The van der Waals surface area contributed by atoms with Gasteiger partial charge in [-0.15, -0.1) is 6.58 Å². The zero-order valence-electron chi connectivity index (χ0n) is 11.6. The van der Waals surface area contributed by atoms with E-state index in [9.17, 15) is 5.11 Å². The van der Waals surface area contributed by atoms with Crippen molar-refractivity contribution in [3.63, 3.8) is 0 Å². The van der Waals surface area contributed by atoms with Crippen LogP contribution in [0.15, 0.2) is 36.9 Å². The van der Waals surface area contributed by atoms with Crippen molar-refractivity contribution in [3.05, 3.63) is 42.5 Å². The van der Waals surface area contributed by atoms with Crippen LogP contribution in [0.2, 0.25) is 19.6 Å². The lowest BCUT2D eigenvalue weighted by molar-refractivity contribution is 0.230. The second-order valence-electron chi connectivity index (χ2n) is 5.80. The zero-order chi connectivity index (χ0) is 13.5. The summed E-state index contributed by atoms with van der Waals surface area (Å²) in [7, 11) is 0.719. The highest BCUT2D eigenvalue weighted by Gasteiger charge is 2.23. The van der Waals surface area contributed by atoms with Crippen LogP contribution in [0.5, 0.6) is 0 Å². The van der Waals surface area contributed by atoms with Crippen LogP contribution in [0.3, 0.4) is 0 Å². The van der Waals surface area contributed by atoms with Crippen LogP contribution < -0.4 is 5.32 Å². The number of hydrogen-bond donors (Lipinski definition) is 1. The molecule has 96 valence electrons. The van der Waals surface area contributed by atoms with E-state index in [1.54, 1.807) is 6.08 Å².